The molecule has 0 amide bonds. The topological polar surface area (TPSA) is 94.6 Å². The number of benzene rings is 1. The molecule has 0 bridgehead atoms. The first kappa shape index (κ1) is 14.2. The van der Waals surface area contributed by atoms with Crippen molar-refractivity contribution >= 4 is 15.7 Å². The molecule has 8 heteroatoms. The van der Waals surface area contributed by atoms with Crippen molar-refractivity contribution in [2.24, 2.45) is 0 Å². The SMILES string of the molecule is COc1cccc(NS(=O)(=O)c2ccc(-c3ccno3)o2)c1. The van der Waals surface area contributed by atoms with Crippen LogP contribution in [0.3, 0.4) is 0 Å². The van der Waals surface area contributed by atoms with Crippen LogP contribution in [0.5, 0.6) is 5.75 Å². The maximum absolute atomic E-state index is 12.3. The first-order valence-electron chi connectivity index (χ1n) is 6.26. The van der Waals surface area contributed by atoms with Crippen molar-refractivity contribution in [2.45, 2.75) is 5.09 Å². The Morgan fingerprint density at radius 1 is 1.14 bits per heavy atom. The zero-order valence-electron chi connectivity index (χ0n) is 11.5. The van der Waals surface area contributed by atoms with Crippen molar-refractivity contribution in [1.82, 2.24) is 5.16 Å². The molecule has 22 heavy (non-hydrogen) atoms. The van der Waals surface area contributed by atoms with Gasteiger partial charge in [-0.25, -0.2) is 0 Å². The quantitative estimate of drug-likeness (QED) is 0.776. The van der Waals surface area contributed by atoms with Crippen LogP contribution in [0.4, 0.5) is 5.69 Å². The summed E-state index contributed by atoms with van der Waals surface area (Å²) in [6.45, 7) is 0. The van der Waals surface area contributed by atoms with Crippen molar-refractivity contribution in [3.8, 4) is 17.3 Å². The molecule has 0 aliphatic heterocycles. The van der Waals surface area contributed by atoms with E-state index in [2.05, 4.69) is 9.88 Å². The van der Waals surface area contributed by atoms with Gasteiger partial charge in [-0.05, 0) is 24.3 Å². The van der Waals surface area contributed by atoms with E-state index >= 15 is 0 Å². The lowest BCUT2D eigenvalue weighted by molar-refractivity contribution is 0.401. The number of hydrogen-bond donors (Lipinski definition) is 1. The van der Waals surface area contributed by atoms with Crippen LogP contribution in [0.2, 0.25) is 0 Å². The summed E-state index contributed by atoms with van der Waals surface area (Å²) in [5.41, 5.74) is 0.372. The highest BCUT2D eigenvalue weighted by molar-refractivity contribution is 7.92. The molecule has 0 radical (unpaired) electrons. The van der Waals surface area contributed by atoms with Gasteiger partial charge in [0, 0.05) is 12.1 Å². The molecule has 0 aliphatic carbocycles. The van der Waals surface area contributed by atoms with E-state index in [1.165, 1.54) is 25.4 Å². The number of nitrogens with zero attached hydrogens (tertiary/aromatic N) is 1. The number of rotatable bonds is 5. The summed E-state index contributed by atoms with van der Waals surface area (Å²) in [4.78, 5) is 0. The minimum absolute atomic E-state index is 0.221. The molecule has 3 aromatic rings. The molecule has 114 valence electrons. The molecular weight excluding hydrogens is 308 g/mol. The number of aromatic nitrogens is 1. The Bertz CT molecular complexity index is 868. The molecular formula is C14H12N2O5S. The Balaban J connectivity index is 1.86. The van der Waals surface area contributed by atoms with Crippen molar-refractivity contribution in [3.63, 3.8) is 0 Å². The predicted molar refractivity (Wildman–Crippen MR) is 78.0 cm³/mol. The van der Waals surface area contributed by atoms with Gasteiger partial charge < -0.3 is 13.7 Å². The lowest BCUT2D eigenvalue weighted by Gasteiger charge is -2.07. The monoisotopic (exact) mass is 320 g/mol. The number of nitrogens with one attached hydrogen (secondary N) is 1. The molecule has 1 aromatic carbocycles. The Hall–Kier alpha value is -2.74. The van der Waals surface area contributed by atoms with E-state index < -0.39 is 10.0 Å². The third kappa shape index (κ3) is 2.82. The average molecular weight is 320 g/mol. The molecule has 2 heterocycles. The van der Waals surface area contributed by atoms with Gasteiger partial charge in [0.25, 0.3) is 10.0 Å². The maximum atomic E-state index is 12.3. The highest BCUT2D eigenvalue weighted by Crippen LogP contribution is 2.26. The van der Waals surface area contributed by atoms with Gasteiger partial charge in [0.2, 0.25) is 10.9 Å². The highest BCUT2D eigenvalue weighted by atomic mass is 32.2. The van der Waals surface area contributed by atoms with Gasteiger partial charge in [0.15, 0.2) is 5.76 Å². The molecule has 0 fully saturated rings. The number of ether oxygens (including phenoxy) is 1. The second-order valence-electron chi connectivity index (χ2n) is 4.33. The van der Waals surface area contributed by atoms with Crippen molar-refractivity contribution in [2.75, 3.05) is 11.8 Å². The van der Waals surface area contributed by atoms with Crippen LogP contribution in [-0.2, 0) is 10.0 Å². The van der Waals surface area contributed by atoms with Crippen LogP contribution in [0.25, 0.3) is 11.5 Å². The second kappa shape index (κ2) is 5.57. The molecule has 0 aliphatic rings. The molecule has 2 aromatic heterocycles. The number of hydrogen-bond acceptors (Lipinski definition) is 6. The smallest absolute Gasteiger partial charge is 0.295 e. The maximum Gasteiger partial charge on any atom is 0.295 e. The lowest BCUT2D eigenvalue weighted by atomic mass is 10.3. The van der Waals surface area contributed by atoms with Crippen molar-refractivity contribution in [1.29, 1.82) is 0 Å². The number of furan rings is 1. The minimum Gasteiger partial charge on any atom is -0.497 e. The van der Waals surface area contributed by atoms with E-state index in [1.54, 1.807) is 30.3 Å². The van der Waals surface area contributed by atoms with Gasteiger partial charge in [0.1, 0.15) is 5.75 Å². The van der Waals surface area contributed by atoms with Crippen LogP contribution in [0.15, 0.2) is 62.7 Å². The third-order valence-corrected chi connectivity index (χ3v) is 4.10. The molecule has 3 rings (SSSR count). The minimum atomic E-state index is -3.84. The average Bonchev–Trinajstić information content (AvgIpc) is 3.18. The van der Waals surface area contributed by atoms with Crippen LogP contribution < -0.4 is 9.46 Å². The largest absolute Gasteiger partial charge is 0.497 e. The molecule has 1 N–H and O–H groups in total. The van der Waals surface area contributed by atoms with E-state index in [0.29, 0.717) is 17.2 Å². The molecule has 0 spiro atoms. The van der Waals surface area contributed by atoms with Crippen LogP contribution in [-0.4, -0.2) is 20.7 Å². The van der Waals surface area contributed by atoms with Gasteiger partial charge in [-0.2, -0.15) is 8.42 Å². The van der Waals surface area contributed by atoms with Gasteiger partial charge in [-0.15, -0.1) is 0 Å². The zero-order chi connectivity index (χ0) is 15.6. The third-order valence-electron chi connectivity index (χ3n) is 2.85. The van der Waals surface area contributed by atoms with Crippen LogP contribution in [0, 0.1) is 0 Å². The summed E-state index contributed by atoms with van der Waals surface area (Å²) >= 11 is 0. The summed E-state index contributed by atoms with van der Waals surface area (Å²) < 4.78 is 42.3. The fourth-order valence-electron chi connectivity index (χ4n) is 1.83. The van der Waals surface area contributed by atoms with Gasteiger partial charge in [-0.3, -0.25) is 4.72 Å². The van der Waals surface area contributed by atoms with E-state index in [-0.39, 0.29) is 10.9 Å². The summed E-state index contributed by atoms with van der Waals surface area (Å²) in [5, 5.41) is 3.32. The Morgan fingerprint density at radius 2 is 2.00 bits per heavy atom. The van der Waals surface area contributed by atoms with E-state index in [9.17, 15) is 8.42 Å². The molecule has 0 atom stereocenters. The van der Waals surface area contributed by atoms with Crippen LogP contribution >= 0.6 is 0 Å². The molecule has 0 saturated heterocycles. The second-order valence-corrected chi connectivity index (χ2v) is 5.95. The van der Waals surface area contributed by atoms with E-state index in [0.717, 1.165) is 0 Å². The van der Waals surface area contributed by atoms with Gasteiger partial charge >= 0.3 is 0 Å². The normalized spacial score (nSPS) is 11.3. The van der Waals surface area contributed by atoms with E-state index in [4.69, 9.17) is 13.7 Å². The molecule has 7 nitrogen and oxygen atoms in total. The van der Waals surface area contributed by atoms with Gasteiger partial charge in [0.05, 0.1) is 19.0 Å². The Labute approximate surface area is 126 Å². The van der Waals surface area contributed by atoms with Crippen molar-refractivity contribution < 1.29 is 22.1 Å². The van der Waals surface area contributed by atoms with Gasteiger partial charge in [-0.1, -0.05) is 11.2 Å². The first-order chi connectivity index (χ1) is 10.6. The summed E-state index contributed by atoms with van der Waals surface area (Å²) in [6, 6.07) is 11.0. The highest BCUT2D eigenvalue weighted by Gasteiger charge is 2.20. The lowest BCUT2D eigenvalue weighted by Crippen LogP contribution is -2.12. The molecule has 0 unspecified atom stereocenters. The summed E-state index contributed by atoms with van der Waals surface area (Å²) in [6.07, 6.45) is 1.44. The number of methoxy groups -OCH3 is 1. The van der Waals surface area contributed by atoms with E-state index in [1.807, 2.05) is 0 Å². The Kier molecular flexibility index (Phi) is 3.60. The zero-order valence-corrected chi connectivity index (χ0v) is 12.3. The fraction of sp³-hybridized carbons (Fsp3) is 0.0714. The summed E-state index contributed by atoms with van der Waals surface area (Å²) in [7, 11) is -2.34. The fourth-order valence-corrected chi connectivity index (χ4v) is 2.82. The number of sulfonamides is 1. The van der Waals surface area contributed by atoms with Crippen LogP contribution in [0.1, 0.15) is 0 Å². The number of anilines is 1. The Morgan fingerprint density at radius 3 is 2.73 bits per heavy atom. The summed E-state index contributed by atoms with van der Waals surface area (Å²) in [5.74, 6) is 1.17. The first-order valence-corrected chi connectivity index (χ1v) is 7.74. The van der Waals surface area contributed by atoms with Crippen molar-refractivity contribution in [3.05, 3.63) is 48.7 Å². The predicted octanol–water partition coefficient (Wildman–Crippen LogP) is 2.74. The standard InChI is InChI=1S/C14H12N2O5S/c1-19-11-4-2-3-10(9-11)16-22(17,18)14-6-5-12(20-14)13-7-8-15-21-13/h2-9,16H,1H3. The molecule has 0 saturated carbocycles.